The topological polar surface area (TPSA) is 86.2 Å². The molecule has 100 valence electrons. The van der Waals surface area contributed by atoms with Gasteiger partial charge in [0.25, 0.3) is 11.5 Å². The van der Waals surface area contributed by atoms with Crippen LogP contribution in [0.4, 0.5) is 5.69 Å². The van der Waals surface area contributed by atoms with E-state index in [9.17, 15) is 10.1 Å². The standard InChI is InChI=1S/C13H11N5O2/c1-2-12-15-13-14-8-7-10(17(13)16-12)9-5-3-4-6-11(9)18(19)20/h3-8H,2H2,1H3. The number of aromatic nitrogens is 4. The first kappa shape index (κ1) is 12.2. The molecule has 1 aromatic carbocycles. The molecule has 0 atom stereocenters. The first-order valence-electron chi connectivity index (χ1n) is 6.15. The van der Waals surface area contributed by atoms with Crippen LogP contribution in [-0.4, -0.2) is 24.5 Å². The molecule has 0 bridgehead atoms. The number of para-hydroxylation sites is 1. The summed E-state index contributed by atoms with van der Waals surface area (Å²) in [7, 11) is 0. The molecule has 20 heavy (non-hydrogen) atoms. The van der Waals surface area contributed by atoms with Gasteiger partial charge in [0.05, 0.1) is 16.2 Å². The van der Waals surface area contributed by atoms with E-state index in [1.54, 1.807) is 35.0 Å². The minimum absolute atomic E-state index is 0.0357. The van der Waals surface area contributed by atoms with E-state index >= 15 is 0 Å². The molecule has 7 nitrogen and oxygen atoms in total. The van der Waals surface area contributed by atoms with E-state index in [1.807, 2.05) is 6.92 Å². The van der Waals surface area contributed by atoms with E-state index < -0.39 is 4.92 Å². The zero-order valence-electron chi connectivity index (χ0n) is 10.7. The quantitative estimate of drug-likeness (QED) is 0.537. The third-order valence-corrected chi connectivity index (χ3v) is 2.98. The van der Waals surface area contributed by atoms with Gasteiger partial charge in [-0.15, -0.1) is 5.10 Å². The lowest BCUT2D eigenvalue weighted by Crippen LogP contribution is -1.99. The molecule has 0 aliphatic heterocycles. The van der Waals surface area contributed by atoms with Crippen LogP contribution in [0, 0.1) is 10.1 Å². The molecular formula is C13H11N5O2. The third-order valence-electron chi connectivity index (χ3n) is 2.98. The van der Waals surface area contributed by atoms with E-state index in [0.29, 0.717) is 29.3 Å². The highest BCUT2D eigenvalue weighted by molar-refractivity contribution is 5.71. The number of nitrogens with zero attached hydrogens (tertiary/aromatic N) is 5. The van der Waals surface area contributed by atoms with Crippen LogP contribution in [0.25, 0.3) is 17.0 Å². The first-order chi connectivity index (χ1) is 9.70. The van der Waals surface area contributed by atoms with Crippen LogP contribution in [0.5, 0.6) is 0 Å². The summed E-state index contributed by atoms with van der Waals surface area (Å²) in [5.41, 5.74) is 1.14. The molecular weight excluding hydrogens is 258 g/mol. The highest BCUT2D eigenvalue weighted by atomic mass is 16.6. The second kappa shape index (κ2) is 4.69. The van der Waals surface area contributed by atoms with E-state index in [1.165, 1.54) is 6.07 Å². The lowest BCUT2D eigenvalue weighted by molar-refractivity contribution is -0.384. The molecule has 0 saturated heterocycles. The van der Waals surface area contributed by atoms with Crippen molar-refractivity contribution in [2.75, 3.05) is 0 Å². The highest BCUT2D eigenvalue weighted by Crippen LogP contribution is 2.28. The molecule has 0 spiro atoms. The van der Waals surface area contributed by atoms with Gasteiger partial charge >= 0.3 is 0 Å². The lowest BCUT2D eigenvalue weighted by atomic mass is 10.1. The Morgan fingerprint density at radius 2 is 2.10 bits per heavy atom. The number of benzene rings is 1. The van der Waals surface area contributed by atoms with Gasteiger partial charge in [-0.3, -0.25) is 10.1 Å². The molecule has 0 aliphatic rings. The van der Waals surface area contributed by atoms with Gasteiger partial charge in [-0.05, 0) is 12.1 Å². The van der Waals surface area contributed by atoms with E-state index in [0.717, 1.165) is 0 Å². The number of rotatable bonds is 3. The minimum atomic E-state index is -0.404. The first-order valence-corrected chi connectivity index (χ1v) is 6.15. The second-order valence-electron chi connectivity index (χ2n) is 4.20. The largest absolute Gasteiger partial charge is 0.278 e. The van der Waals surface area contributed by atoms with E-state index in [2.05, 4.69) is 15.1 Å². The van der Waals surface area contributed by atoms with Crippen LogP contribution in [0.1, 0.15) is 12.7 Å². The molecule has 0 N–H and O–H groups in total. The molecule has 2 aromatic heterocycles. The van der Waals surface area contributed by atoms with Crippen molar-refractivity contribution < 1.29 is 4.92 Å². The normalized spacial score (nSPS) is 10.8. The van der Waals surface area contributed by atoms with Crippen molar-refractivity contribution in [3.8, 4) is 11.3 Å². The molecule has 7 heteroatoms. The van der Waals surface area contributed by atoms with Crippen molar-refractivity contribution in [1.29, 1.82) is 0 Å². The Labute approximate surface area is 114 Å². The molecule has 3 aromatic rings. The molecule has 0 amide bonds. The predicted molar refractivity (Wildman–Crippen MR) is 72.3 cm³/mol. The van der Waals surface area contributed by atoms with Crippen LogP contribution >= 0.6 is 0 Å². The van der Waals surface area contributed by atoms with Crippen LogP contribution in [0.15, 0.2) is 36.5 Å². The number of hydrogen-bond acceptors (Lipinski definition) is 5. The fourth-order valence-corrected chi connectivity index (χ4v) is 2.04. The van der Waals surface area contributed by atoms with E-state index in [-0.39, 0.29) is 5.69 Å². The minimum Gasteiger partial charge on any atom is -0.258 e. The van der Waals surface area contributed by atoms with Gasteiger partial charge in [0.1, 0.15) is 0 Å². The predicted octanol–water partition coefficient (Wildman–Crippen LogP) is 2.26. The van der Waals surface area contributed by atoms with Gasteiger partial charge in [0.2, 0.25) is 0 Å². The average molecular weight is 269 g/mol. The Morgan fingerprint density at radius 3 is 2.85 bits per heavy atom. The number of fused-ring (bicyclic) bond motifs is 1. The summed E-state index contributed by atoms with van der Waals surface area (Å²) >= 11 is 0. The molecule has 0 fully saturated rings. The maximum Gasteiger partial charge on any atom is 0.278 e. The van der Waals surface area contributed by atoms with Gasteiger partial charge in [-0.2, -0.15) is 9.50 Å². The Balaban J connectivity index is 2.29. The molecule has 0 aliphatic carbocycles. The lowest BCUT2D eigenvalue weighted by Gasteiger charge is -2.04. The Kier molecular flexibility index (Phi) is 2.86. The summed E-state index contributed by atoms with van der Waals surface area (Å²) in [4.78, 5) is 19.1. The van der Waals surface area contributed by atoms with Gasteiger partial charge in [-0.1, -0.05) is 19.1 Å². The number of nitro groups is 1. The molecule has 0 saturated carbocycles. The maximum absolute atomic E-state index is 11.1. The van der Waals surface area contributed by atoms with Gasteiger partial charge in [0.15, 0.2) is 5.82 Å². The smallest absolute Gasteiger partial charge is 0.258 e. The summed E-state index contributed by atoms with van der Waals surface area (Å²) in [6, 6.07) is 8.26. The number of hydrogen-bond donors (Lipinski definition) is 0. The zero-order valence-corrected chi connectivity index (χ0v) is 10.7. The molecule has 0 radical (unpaired) electrons. The fourth-order valence-electron chi connectivity index (χ4n) is 2.04. The van der Waals surface area contributed by atoms with Gasteiger partial charge in [0, 0.05) is 18.7 Å². The fraction of sp³-hybridized carbons (Fsp3) is 0.154. The van der Waals surface area contributed by atoms with Crippen LogP contribution in [0.2, 0.25) is 0 Å². The molecule has 2 heterocycles. The number of nitro benzene ring substituents is 1. The summed E-state index contributed by atoms with van der Waals surface area (Å²) in [5.74, 6) is 1.10. The van der Waals surface area contributed by atoms with Crippen molar-refractivity contribution in [3.63, 3.8) is 0 Å². The van der Waals surface area contributed by atoms with Crippen LogP contribution < -0.4 is 0 Å². The Hall–Kier alpha value is -2.83. The van der Waals surface area contributed by atoms with Crippen molar-refractivity contribution >= 4 is 11.5 Å². The van der Waals surface area contributed by atoms with E-state index in [4.69, 9.17) is 0 Å². The summed E-state index contributed by atoms with van der Waals surface area (Å²) in [6.45, 7) is 1.94. The third kappa shape index (κ3) is 1.89. The Bertz CT molecular complexity index is 796. The van der Waals surface area contributed by atoms with Crippen molar-refractivity contribution in [3.05, 3.63) is 52.5 Å². The monoisotopic (exact) mass is 269 g/mol. The number of aryl methyl sites for hydroxylation is 1. The summed E-state index contributed by atoms with van der Waals surface area (Å²) in [6.07, 6.45) is 2.26. The van der Waals surface area contributed by atoms with Crippen LogP contribution in [0.3, 0.4) is 0 Å². The zero-order chi connectivity index (χ0) is 14.1. The summed E-state index contributed by atoms with van der Waals surface area (Å²) < 4.78 is 1.54. The van der Waals surface area contributed by atoms with Gasteiger partial charge in [-0.25, -0.2) is 4.98 Å². The van der Waals surface area contributed by atoms with Crippen molar-refractivity contribution in [2.24, 2.45) is 0 Å². The molecule has 0 unspecified atom stereocenters. The van der Waals surface area contributed by atoms with Crippen molar-refractivity contribution in [1.82, 2.24) is 19.6 Å². The highest BCUT2D eigenvalue weighted by Gasteiger charge is 2.18. The second-order valence-corrected chi connectivity index (χ2v) is 4.20. The van der Waals surface area contributed by atoms with Crippen LogP contribution in [-0.2, 0) is 6.42 Å². The van der Waals surface area contributed by atoms with Crippen molar-refractivity contribution in [2.45, 2.75) is 13.3 Å². The average Bonchev–Trinajstić information content (AvgIpc) is 2.90. The van der Waals surface area contributed by atoms with Gasteiger partial charge < -0.3 is 0 Å². The maximum atomic E-state index is 11.1. The molecule has 3 rings (SSSR count). The SMILES string of the molecule is CCc1nc2nccc(-c3ccccc3[N+](=O)[O-])n2n1. The Morgan fingerprint density at radius 1 is 1.30 bits per heavy atom. The summed E-state index contributed by atoms with van der Waals surface area (Å²) in [5, 5.41) is 15.5.